The van der Waals surface area contributed by atoms with E-state index >= 15 is 0 Å². The predicted molar refractivity (Wildman–Crippen MR) is 110 cm³/mol. The van der Waals surface area contributed by atoms with Crippen molar-refractivity contribution in [3.63, 3.8) is 0 Å². The van der Waals surface area contributed by atoms with Gasteiger partial charge in [-0.1, -0.05) is 18.2 Å². The number of nitrogens with zero attached hydrogens (tertiary/aromatic N) is 4. The van der Waals surface area contributed by atoms with Crippen molar-refractivity contribution in [2.24, 2.45) is 10.7 Å². The summed E-state index contributed by atoms with van der Waals surface area (Å²) in [6.45, 7) is 1.06. The number of aliphatic imine (C=N–C) groups is 1. The lowest BCUT2D eigenvalue weighted by molar-refractivity contribution is 0.100. The number of pyridine rings is 1. The number of carbonyl (C=O) groups is 1. The third-order valence-electron chi connectivity index (χ3n) is 3.72. The van der Waals surface area contributed by atoms with Crippen LogP contribution in [0, 0.1) is 0 Å². The van der Waals surface area contributed by atoms with Gasteiger partial charge in [0.2, 0.25) is 5.91 Å². The molecule has 0 spiro atoms. The third-order valence-corrected chi connectivity index (χ3v) is 3.72. The van der Waals surface area contributed by atoms with E-state index in [9.17, 15) is 4.79 Å². The van der Waals surface area contributed by atoms with Gasteiger partial charge in [0.1, 0.15) is 0 Å². The van der Waals surface area contributed by atoms with Crippen molar-refractivity contribution in [2.45, 2.75) is 13.1 Å². The molecular weight excluding hydrogens is 445 g/mol. The fourth-order valence-electron chi connectivity index (χ4n) is 2.37. The van der Waals surface area contributed by atoms with E-state index in [2.05, 4.69) is 25.8 Å². The van der Waals surface area contributed by atoms with Crippen LogP contribution in [0.5, 0.6) is 0 Å². The topological polar surface area (TPSA) is 110 Å². The van der Waals surface area contributed by atoms with Crippen molar-refractivity contribution in [3.8, 4) is 0 Å². The molecule has 26 heavy (non-hydrogen) atoms. The van der Waals surface area contributed by atoms with Gasteiger partial charge in [-0.15, -0.1) is 34.2 Å². The first-order chi connectivity index (χ1) is 12.2. The van der Waals surface area contributed by atoms with Crippen molar-refractivity contribution in [3.05, 3.63) is 65.6 Å². The highest BCUT2D eigenvalue weighted by Crippen LogP contribution is 2.04. The zero-order chi connectivity index (χ0) is 17.6. The zero-order valence-electron chi connectivity index (χ0n) is 14.2. The lowest BCUT2D eigenvalue weighted by Gasteiger charge is -2.11. The number of nitrogens with one attached hydrogen (secondary N) is 2. The average molecular weight is 465 g/mol. The molecule has 0 atom stereocenters. The molecule has 0 radical (unpaired) electrons. The second-order valence-corrected chi connectivity index (χ2v) is 5.39. The molecule has 0 saturated heterocycles. The predicted octanol–water partition coefficient (Wildman–Crippen LogP) is 1.31. The fraction of sp³-hybridized carbons (Fsp3) is 0.176. The Kier molecular flexibility index (Phi) is 6.89. The summed E-state index contributed by atoms with van der Waals surface area (Å²) in [5.41, 5.74) is 7.54. The lowest BCUT2D eigenvalue weighted by atomic mass is 10.1. The molecule has 0 aliphatic carbocycles. The maximum absolute atomic E-state index is 11.1. The Morgan fingerprint density at radius 1 is 1.12 bits per heavy atom. The number of nitrogens with two attached hydrogens (primary N) is 1. The Morgan fingerprint density at radius 3 is 2.54 bits per heavy atom. The second-order valence-electron chi connectivity index (χ2n) is 5.39. The van der Waals surface area contributed by atoms with Gasteiger partial charge in [-0.2, -0.15) is 0 Å². The van der Waals surface area contributed by atoms with Gasteiger partial charge in [0.05, 0.1) is 6.54 Å². The molecule has 3 aromatic rings. The smallest absolute Gasteiger partial charge is 0.248 e. The number of carbonyl (C=O) groups excluding carboxylic acids is 1. The van der Waals surface area contributed by atoms with Gasteiger partial charge in [0, 0.05) is 25.4 Å². The molecule has 1 amide bonds. The molecule has 3 rings (SSSR count). The first-order valence-corrected chi connectivity index (χ1v) is 7.79. The SMILES string of the molecule is CN=C(NCc1ccc(C(N)=O)cc1)NCc1nnc2ccccn12.I. The summed E-state index contributed by atoms with van der Waals surface area (Å²) >= 11 is 0. The van der Waals surface area contributed by atoms with Crippen molar-refractivity contribution >= 4 is 41.5 Å². The van der Waals surface area contributed by atoms with Crippen LogP contribution >= 0.6 is 24.0 Å². The Hall–Kier alpha value is -2.69. The van der Waals surface area contributed by atoms with E-state index < -0.39 is 5.91 Å². The van der Waals surface area contributed by atoms with E-state index in [-0.39, 0.29) is 24.0 Å². The van der Waals surface area contributed by atoms with E-state index in [1.807, 2.05) is 40.9 Å². The van der Waals surface area contributed by atoms with Crippen LogP contribution in [0.25, 0.3) is 5.65 Å². The number of primary amides is 1. The fourth-order valence-corrected chi connectivity index (χ4v) is 2.37. The van der Waals surface area contributed by atoms with Crippen molar-refractivity contribution in [1.29, 1.82) is 0 Å². The monoisotopic (exact) mass is 465 g/mol. The summed E-state index contributed by atoms with van der Waals surface area (Å²) in [7, 11) is 1.70. The number of fused-ring (bicyclic) bond motifs is 1. The maximum atomic E-state index is 11.1. The van der Waals surface area contributed by atoms with Gasteiger partial charge in [-0.3, -0.25) is 14.2 Å². The number of hydrogen-bond acceptors (Lipinski definition) is 4. The number of hydrogen-bond donors (Lipinski definition) is 3. The Labute approximate surface area is 167 Å². The summed E-state index contributed by atoms with van der Waals surface area (Å²) in [6.07, 6.45) is 1.92. The van der Waals surface area contributed by atoms with Crippen LogP contribution in [0.3, 0.4) is 0 Å². The summed E-state index contributed by atoms with van der Waals surface area (Å²) in [5, 5.41) is 14.7. The van der Waals surface area contributed by atoms with Crippen LogP contribution in [0.4, 0.5) is 0 Å². The summed E-state index contributed by atoms with van der Waals surface area (Å²) in [5.74, 6) is 1.01. The highest BCUT2D eigenvalue weighted by molar-refractivity contribution is 14.0. The van der Waals surface area contributed by atoms with Gasteiger partial charge in [0.15, 0.2) is 17.4 Å². The Balaban J connectivity index is 0.00000243. The van der Waals surface area contributed by atoms with Gasteiger partial charge in [0.25, 0.3) is 0 Å². The molecule has 0 unspecified atom stereocenters. The Morgan fingerprint density at radius 2 is 1.85 bits per heavy atom. The molecule has 4 N–H and O–H groups in total. The number of benzene rings is 1. The normalized spacial score (nSPS) is 11.0. The average Bonchev–Trinajstić information content (AvgIpc) is 3.05. The molecule has 1 aromatic carbocycles. The van der Waals surface area contributed by atoms with E-state index in [0.717, 1.165) is 17.0 Å². The van der Waals surface area contributed by atoms with Crippen LogP contribution in [0.2, 0.25) is 0 Å². The second kappa shape index (κ2) is 9.13. The molecule has 0 saturated carbocycles. The molecule has 136 valence electrons. The quantitative estimate of drug-likeness (QED) is 0.299. The lowest BCUT2D eigenvalue weighted by Crippen LogP contribution is -2.36. The molecule has 2 aromatic heterocycles. The Bertz CT molecular complexity index is 905. The minimum atomic E-state index is -0.433. The van der Waals surface area contributed by atoms with Gasteiger partial charge >= 0.3 is 0 Å². The van der Waals surface area contributed by atoms with E-state index in [0.29, 0.717) is 24.6 Å². The molecule has 0 fully saturated rings. The highest BCUT2D eigenvalue weighted by atomic mass is 127. The molecule has 0 aliphatic rings. The molecule has 8 nitrogen and oxygen atoms in total. The van der Waals surface area contributed by atoms with E-state index in [4.69, 9.17) is 5.73 Å². The number of rotatable bonds is 5. The van der Waals surface area contributed by atoms with Gasteiger partial charge in [-0.25, -0.2) is 0 Å². The molecule has 9 heteroatoms. The van der Waals surface area contributed by atoms with Gasteiger partial charge < -0.3 is 16.4 Å². The van der Waals surface area contributed by atoms with E-state index in [1.54, 1.807) is 19.2 Å². The highest BCUT2D eigenvalue weighted by Gasteiger charge is 2.06. The summed E-state index contributed by atoms with van der Waals surface area (Å²) in [6, 6.07) is 12.9. The zero-order valence-corrected chi connectivity index (χ0v) is 16.5. The summed E-state index contributed by atoms with van der Waals surface area (Å²) in [4.78, 5) is 15.3. The maximum Gasteiger partial charge on any atom is 0.248 e. The molecule has 2 heterocycles. The minimum absolute atomic E-state index is 0. The van der Waals surface area contributed by atoms with Crippen molar-refractivity contribution in [1.82, 2.24) is 25.2 Å². The van der Waals surface area contributed by atoms with Crippen molar-refractivity contribution < 1.29 is 4.79 Å². The molecule has 0 aliphatic heterocycles. The largest absolute Gasteiger partial charge is 0.366 e. The third kappa shape index (κ3) is 4.69. The molecular formula is C17H20IN7O. The number of amides is 1. The minimum Gasteiger partial charge on any atom is -0.366 e. The molecule has 0 bridgehead atoms. The van der Waals surface area contributed by atoms with E-state index in [1.165, 1.54) is 0 Å². The van der Waals surface area contributed by atoms with Crippen LogP contribution < -0.4 is 16.4 Å². The van der Waals surface area contributed by atoms with Crippen molar-refractivity contribution in [2.75, 3.05) is 7.05 Å². The number of guanidine groups is 1. The van der Waals surface area contributed by atoms with Gasteiger partial charge in [-0.05, 0) is 29.8 Å². The van der Waals surface area contributed by atoms with Crippen LogP contribution in [0.1, 0.15) is 21.7 Å². The van der Waals surface area contributed by atoms with Crippen LogP contribution in [0.15, 0.2) is 53.7 Å². The number of halogens is 1. The van der Waals surface area contributed by atoms with Crippen LogP contribution in [-0.4, -0.2) is 33.5 Å². The first-order valence-electron chi connectivity index (χ1n) is 7.79. The van der Waals surface area contributed by atoms with Crippen LogP contribution in [-0.2, 0) is 13.1 Å². The standard InChI is InChI=1S/C17H19N7O.HI/c1-19-17(20-10-12-5-7-13(8-6-12)16(18)25)21-11-15-23-22-14-4-2-3-9-24(14)15;/h2-9H,10-11H2,1H3,(H2,18,25)(H2,19,20,21);1H. The number of aromatic nitrogens is 3. The first kappa shape index (κ1) is 19.6. The summed E-state index contributed by atoms with van der Waals surface area (Å²) < 4.78 is 1.92.